The quantitative estimate of drug-likeness (QED) is 0.254. The fourth-order valence-corrected chi connectivity index (χ4v) is 7.38. The van der Waals surface area contributed by atoms with Crippen LogP contribution >= 0.6 is 11.6 Å². The molecule has 204 valence electrons. The number of hydrogen-bond acceptors (Lipinski definition) is 6. The molecule has 0 aliphatic carbocycles. The standard InChI is InChI=1S/C29H25ClN4O4S2/c30-24-12-14-26(15-13-24)39(35,36)28(20-31)19-23-21-34(25-9-3-1-4-10-25)32-29(23)22-8-7-11-27(18-22)40(37,38)33-16-5-2-6-17-33/h1,3-4,7-15,18-19,21H,2,5-6,16-17H2. The van der Waals surface area contributed by atoms with Gasteiger partial charge < -0.3 is 0 Å². The third-order valence-electron chi connectivity index (χ3n) is 6.63. The number of nitrogens with zero attached hydrogens (tertiary/aromatic N) is 4. The van der Waals surface area contributed by atoms with Crippen molar-refractivity contribution in [3.63, 3.8) is 0 Å². The molecule has 0 saturated carbocycles. The molecule has 1 aliphatic rings. The molecule has 8 nitrogen and oxygen atoms in total. The van der Waals surface area contributed by atoms with E-state index in [2.05, 4.69) is 5.10 Å². The third-order valence-corrected chi connectivity index (χ3v) is 10.5. The summed E-state index contributed by atoms with van der Waals surface area (Å²) in [6.45, 7) is 0.939. The Hall–Kier alpha value is -3.75. The van der Waals surface area contributed by atoms with Gasteiger partial charge in [0, 0.05) is 35.4 Å². The van der Waals surface area contributed by atoms with Crippen molar-refractivity contribution in [3.05, 3.63) is 101 Å². The highest BCUT2D eigenvalue weighted by molar-refractivity contribution is 7.95. The molecule has 2 heterocycles. The summed E-state index contributed by atoms with van der Waals surface area (Å²) in [5.74, 6) is 0. The topological polar surface area (TPSA) is 113 Å². The Bertz CT molecular complexity index is 1820. The van der Waals surface area contributed by atoms with Crippen LogP contribution in [-0.4, -0.2) is 44.0 Å². The van der Waals surface area contributed by atoms with Crippen molar-refractivity contribution in [2.24, 2.45) is 0 Å². The van der Waals surface area contributed by atoms with Crippen LogP contribution in [0.1, 0.15) is 24.8 Å². The van der Waals surface area contributed by atoms with Gasteiger partial charge in [0.25, 0.3) is 0 Å². The number of piperidine rings is 1. The molecular weight excluding hydrogens is 568 g/mol. The highest BCUT2D eigenvalue weighted by Gasteiger charge is 2.27. The SMILES string of the molecule is N#CC(=Cc1cn(-c2ccccc2)nc1-c1cccc(S(=O)(=O)N2CCCCC2)c1)S(=O)(=O)c1ccc(Cl)cc1. The highest BCUT2D eigenvalue weighted by atomic mass is 35.5. The van der Waals surface area contributed by atoms with Gasteiger partial charge in [0.05, 0.1) is 15.5 Å². The Balaban J connectivity index is 1.64. The first-order valence-electron chi connectivity index (χ1n) is 12.6. The first-order chi connectivity index (χ1) is 19.2. The van der Waals surface area contributed by atoms with Gasteiger partial charge >= 0.3 is 0 Å². The summed E-state index contributed by atoms with van der Waals surface area (Å²) in [5.41, 5.74) is 1.85. The normalized spacial score (nSPS) is 15.1. The van der Waals surface area contributed by atoms with Crippen LogP contribution in [0.2, 0.25) is 5.02 Å². The molecule has 0 radical (unpaired) electrons. The summed E-state index contributed by atoms with van der Waals surface area (Å²) in [7, 11) is -7.88. The van der Waals surface area contributed by atoms with Crippen LogP contribution in [0.4, 0.5) is 0 Å². The second-order valence-corrected chi connectivity index (χ2v) is 13.6. The van der Waals surface area contributed by atoms with Gasteiger partial charge in [0.2, 0.25) is 19.9 Å². The number of aromatic nitrogens is 2. The smallest absolute Gasteiger partial charge is 0.240 e. The van der Waals surface area contributed by atoms with Crippen LogP contribution in [0.15, 0.2) is 99.8 Å². The van der Waals surface area contributed by atoms with Crippen molar-refractivity contribution in [3.8, 4) is 23.0 Å². The van der Waals surface area contributed by atoms with Crippen molar-refractivity contribution in [1.29, 1.82) is 5.26 Å². The van der Waals surface area contributed by atoms with E-state index >= 15 is 0 Å². The van der Waals surface area contributed by atoms with Gasteiger partial charge in [0.1, 0.15) is 16.7 Å². The lowest BCUT2D eigenvalue weighted by molar-refractivity contribution is 0.346. The number of para-hydroxylation sites is 1. The van der Waals surface area contributed by atoms with Gasteiger partial charge in [-0.2, -0.15) is 14.7 Å². The molecule has 0 atom stereocenters. The fourth-order valence-electron chi connectivity index (χ4n) is 4.54. The third kappa shape index (κ3) is 5.60. The molecule has 40 heavy (non-hydrogen) atoms. The maximum absolute atomic E-state index is 13.4. The first kappa shape index (κ1) is 27.8. The molecule has 11 heteroatoms. The number of allylic oxidation sites excluding steroid dienone is 1. The van der Waals surface area contributed by atoms with Crippen LogP contribution in [0.5, 0.6) is 0 Å². The van der Waals surface area contributed by atoms with Gasteiger partial charge in [-0.1, -0.05) is 48.4 Å². The maximum Gasteiger partial charge on any atom is 0.243 e. The Labute approximate surface area is 238 Å². The van der Waals surface area contributed by atoms with E-state index in [1.165, 1.54) is 34.6 Å². The molecule has 0 spiro atoms. The van der Waals surface area contributed by atoms with E-state index in [4.69, 9.17) is 11.6 Å². The van der Waals surface area contributed by atoms with E-state index in [1.54, 1.807) is 35.1 Å². The monoisotopic (exact) mass is 592 g/mol. The van der Waals surface area contributed by atoms with E-state index in [9.17, 15) is 22.1 Å². The molecule has 1 saturated heterocycles. The molecule has 0 amide bonds. The van der Waals surface area contributed by atoms with Crippen molar-refractivity contribution < 1.29 is 16.8 Å². The van der Waals surface area contributed by atoms with Crippen LogP contribution in [0.3, 0.4) is 0 Å². The van der Waals surface area contributed by atoms with Crippen molar-refractivity contribution >= 4 is 37.5 Å². The Morgan fingerprint density at radius 2 is 1.57 bits per heavy atom. The fraction of sp³-hybridized carbons (Fsp3) is 0.172. The summed E-state index contributed by atoms with van der Waals surface area (Å²) in [4.78, 5) is -0.428. The lowest BCUT2D eigenvalue weighted by Gasteiger charge is -2.26. The minimum Gasteiger partial charge on any atom is -0.240 e. The summed E-state index contributed by atoms with van der Waals surface area (Å²) >= 11 is 5.92. The summed E-state index contributed by atoms with van der Waals surface area (Å²) < 4.78 is 56.4. The highest BCUT2D eigenvalue weighted by Crippen LogP contribution is 2.31. The Morgan fingerprint density at radius 3 is 2.25 bits per heavy atom. The number of sulfone groups is 1. The number of benzene rings is 3. The molecular formula is C29H25ClN4O4S2. The van der Waals surface area contributed by atoms with Gasteiger partial charge in [-0.15, -0.1) is 0 Å². The Morgan fingerprint density at radius 1 is 0.875 bits per heavy atom. The van der Waals surface area contributed by atoms with Crippen molar-refractivity contribution in [2.75, 3.05) is 13.1 Å². The lowest BCUT2D eigenvalue weighted by atomic mass is 10.1. The average Bonchev–Trinajstić information content (AvgIpc) is 3.41. The second-order valence-electron chi connectivity index (χ2n) is 9.28. The van der Waals surface area contributed by atoms with E-state index < -0.39 is 24.8 Å². The van der Waals surface area contributed by atoms with Gasteiger partial charge in [-0.25, -0.2) is 21.5 Å². The van der Waals surface area contributed by atoms with Gasteiger partial charge in [-0.05, 0) is 67.4 Å². The van der Waals surface area contributed by atoms with Crippen LogP contribution in [-0.2, 0) is 19.9 Å². The average molecular weight is 593 g/mol. The van der Waals surface area contributed by atoms with Crippen LogP contribution in [0, 0.1) is 11.3 Å². The lowest BCUT2D eigenvalue weighted by Crippen LogP contribution is -2.35. The van der Waals surface area contributed by atoms with E-state index in [-0.39, 0.29) is 9.79 Å². The van der Waals surface area contributed by atoms with Crippen LogP contribution in [0.25, 0.3) is 23.0 Å². The zero-order valence-electron chi connectivity index (χ0n) is 21.3. The van der Waals surface area contributed by atoms with Crippen molar-refractivity contribution in [2.45, 2.75) is 29.1 Å². The molecule has 0 bridgehead atoms. The number of nitriles is 1. The molecule has 0 N–H and O–H groups in total. The predicted molar refractivity (Wildman–Crippen MR) is 154 cm³/mol. The molecule has 1 aliphatic heterocycles. The zero-order chi connectivity index (χ0) is 28.3. The summed E-state index contributed by atoms with van der Waals surface area (Å²) in [5, 5.41) is 14.9. The molecule has 5 rings (SSSR count). The second kappa shape index (κ2) is 11.4. The first-order valence-corrected chi connectivity index (χ1v) is 15.9. The Kier molecular flexibility index (Phi) is 7.92. The van der Waals surface area contributed by atoms with E-state index in [1.807, 2.05) is 36.4 Å². The minimum atomic E-state index is -4.16. The number of rotatable bonds is 7. The maximum atomic E-state index is 13.4. The molecule has 0 unspecified atom stereocenters. The van der Waals surface area contributed by atoms with E-state index in [0.29, 0.717) is 40.6 Å². The van der Waals surface area contributed by atoms with E-state index in [0.717, 1.165) is 19.3 Å². The largest absolute Gasteiger partial charge is 0.243 e. The summed E-state index contributed by atoms with van der Waals surface area (Å²) in [6, 6.07) is 23.0. The molecule has 4 aromatic rings. The number of halogens is 1. The van der Waals surface area contributed by atoms with Crippen molar-refractivity contribution in [1.82, 2.24) is 14.1 Å². The van der Waals surface area contributed by atoms with Gasteiger partial charge in [0.15, 0.2) is 0 Å². The van der Waals surface area contributed by atoms with Gasteiger partial charge in [-0.3, -0.25) is 0 Å². The molecule has 1 fully saturated rings. The molecule has 1 aromatic heterocycles. The number of sulfonamides is 1. The van der Waals surface area contributed by atoms with Crippen LogP contribution < -0.4 is 0 Å². The molecule has 3 aromatic carbocycles. The minimum absolute atomic E-state index is 0.0728. The zero-order valence-corrected chi connectivity index (χ0v) is 23.7. The predicted octanol–water partition coefficient (Wildman–Crippen LogP) is 5.71. The summed E-state index contributed by atoms with van der Waals surface area (Å²) in [6.07, 6.45) is 5.50. The number of hydrogen-bond donors (Lipinski definition) is 0.